The number of aryl methyl sites for hydroxylation is 1. The molecule has 0 radical (unpaired) electrons. The number of amides is 2. The lowest BCUT2D eigenvalue weighted by molar-refractivity contribution is 0.208. The Morgan fingerprint density at radius 3 is 2.61 bits per heavy atom. The SMILES string of the molecule is CC(CC#N)N(C)C(=O)Nc1ccc(-n2ncn(C)c2=O)cc1. The molecule has 0 aliphatic heterocycles. The van der Waals surface area contributed by atoms with Crippen molar-refractivity contribution in [2.75, 3.05) is 12.4 Å². The lowest BCUT2D eigenvalue weighted by Crippen LogP contribution is -2.38. The van der Waals surface area contributed by atoms with Crippen molar-refractivity contribution in [2.45, 2.75) is 19.4 Å². The maximum atomic E-state index is 12.1. The highest BCUT2D eigenvalue weighted by Crippen LogP contribution is 2.13. The monoisotopic (exact) mass is 314 g/mol. The molecule has 120 valence electrons. The van der Waals surface area contributed by atoms with Gasteiger partial charge in [0.15, 0.2) is 0 Å². The molecule has 2 aromatic rings. The fourth-order valence-electron chi connectivity index (χ4n) is 1.92. The van der Waals surface area contributed by atoms with Crippen molar-refractivity contribution in [1.82, 2.24) is 19.2 Å². The van der Waals surface area contributed by atoms with E-state index in [1.807, 2.05) is 6.07 Å². The average molecular weight is 314 g/mol. The molecule has 0 saturated carbocycles. The fourth-order valence-corrected chi connectivity index (χ4v) is 1.92. The third-order valence-corrected chi connectivity index (χ3v) is 3.55. The molecular formula is C15H18N6O2. The van der Waals surface area contributed by atoms with Crippen molar-refractivity contribution in [3.8, 4) is 11.8 Å². The summed E-state index contributed by atoms with van der Waals surface area (Å²) in [7, 11) is 3.26. The van der Waals surface area contributed by atoms with Crippen LogP contribution in [0.25, 0.3) is 5.69 Å². The van der Waals surface area contributed by atoms with Crippen LogP contribution in [0.3, 0.4) is 0 Å². The first kappa shape index (κ1) is 16.3. The zero-order valence-electron chi connectivity index (χ0n) is 13.2. The number of anilines is 1. The molecule has 2 rings (SSSR count). The van der Waals surface area contributed by atoms with Crippen molar-refractivity contribution in [1.29, 1.82) is 5.26 Å². The van der Waals surface area contributed by atoms with Crippen LogP contribution in [0.2, 0.25) is 0 Å². The predicted octanol–water partition coefficient (Wildman–Crippen LogP) is 1.34. The first-order valence-corrected chi connectivity index (χ1v) is 7.06. The Morgan fingerprint density at radius 2 is 2.09 bits per heavy atom. The molecule has 0 aliphatic carbocycles. The largest absolute Gasteiger partial charge is 0.350 e. The minimum Gasteiger partial charge on any atom is -0.324 e. The summed E-state index contributed by atoms with van der Waals surface area (Å²) < 4.78 is 2.65. The molecule has 0 aliphatic rings. The normalized spacial score (nSPS) is 11.6. The second-order valence-electron chi connectivity index (χ2n) is 5.24. The summed E-state index contributed by atoms with van der Waals surface area (Å²) in [5.74, 6) is 0. The molecular weight excluding hydrogens is 296 g/mol. The van der Waals surface area contributed by atoms with E-state index in [1.165, 1.54) is 20.5 Å². The van der Waals surface area contributed by atoms with Crippen LogP contribution in [0.15, 0.2) is 35.4 Å². The van der Waals surface area contributed by atoms with Gasteiger partial charge < -0.3 is 10.2 Å². The predicted molar refractivity (Wildman–Crippen MR) is 85.3 cm³/mol. The van der Waals surface area contributed by atoms with Gasteiger partial charge in [-0.2, -0.15) is 15.0 Å². The average Bonchev–Trinajstić information content (AvgIpc) is 2.87. The Morgan fingerprint density at radius 1 is 1.43 bits per heavy atom. The fraction of sp³-hybridized carbons (Fsp3) is 0.333. The first-order chi connectivity index (χ1) is 10.9. The number of benzene rings is 1. The molecule has 1 heterocycles. The number of nitriles is 1. The molecule has 0 fully saturated rings. The van der Waals surface area contributed by atoms with Crippen LogP contribution in [-0.2, 0) is 7.05 Å². The van der Waals surface area contributed by atoms with Crippen LogP contribution in [0.5, 0.6) is 0 Å². The van der Waals surface area contributed by atoms with E-state index in [1.54, 1.807) is 45.3 Å². The van der Waals surface area contributed by atoms with Crippen LogP contribution in [0.1, 0.15) is 13.3 Å². The number of nitrogens with one attached hydrogen (secondary N) is 1. The quantitative estimate of drug-likeness (QED) is 0.921. The second-order valence-corrected chi connectivity index (χ2v) is 5.24. The number of urea groups is 1. The van der Waals surface area contributed by atoms with Gasteiger partial charge in [-0.3, -0.25) is 4.57 Å². The number of rotatable bonds is 4. The van der Waals surface area contributed by atoms with Crippen LogP contribution in [0.4, 0.5) is 10.5 Å². The van der Waals surface area contributed by atoms with E-state index >= 15 is 0 Å². The van der Waals surface area contributed by atoms with Gasteiger partial charge in [-0.25, -0.2) is 9.59 Å². The van der Waals surface area contributed by atoms with E-state index in [9.17, 15) is 9.59 Å². The van der Waals surface area contributed by atoms with Gasteiger partial charge in [-0.05, 0) is 31.2 Å². The van der Waals surface area contributed by atoms with Gasteiger partial charge in [0.1, 0.15) is 6.33 Å². The highest BCUT2D eigenvalue weighted by molar-refractivity contribution is 5.89. The standard InChI is InChI=1S/C15H18N6O2/c1-11(8-9-16)20(3)14(22)18-12-4-6-13(7-5-12)21-15(23)19(2)10-17-21/h4-7,10-11H,8H2,1-3H3,(H,18,22). The summed E-state index contributed by atoms with van der Waals surface area (Å²) in [6.07, 6.45) is 1.70. The molecule has 1 unspecified atom stereocenters. The van der Waals surface area contributed by atoms with Crippen molar-refractivity contribution in [2.24, 2.45) is 7.05 Å². The highest BCUT2D eigenvalue weighted by atomic mass is 16.2. The van der Waals surface area contributed by atoms with Crippen LogP contribution in [0, 0.1) is 11.3 Å². The van der Waals surface area contributed by atoms with Gasteiger partial charge in [-0.1, -0.05) is 0 Å². The van der Waals surface area contributed by atoms with Crippen molar-refractivity contribution < 1.29 is 4.79 Å². The minimum absolute atomic E-state index is 0.175. The Kier molecular flexibility index (Phi) is 4.81. The number of hydrogen-bond donors (Lipinski definition) is 1. The van der Waals surface area contributed by atoms with Crippen molar-refractivity contribution >= 4 is 11.7 Å². The molecule has 0 spiro atoms. The zero-order chi connectivity index (χ0) is 17.0. The van der Waals surface area contributed by atoms with E-state index in [4.69, 9.17) is 5.26 Å². The minimum atomic E-state index is -0.296. The van der Waals surface area contributed by atoms with Crippen molar-refractivity contribution in [3.63, 3.8) is 0 Å². The summed E-state index contributed by atoms with van der Waals surface area (Å²) in [5.41, 5.74) is 0.963. The Labute approximate surface area is 133 Å². The van der Waals surface area contributed by atoms with Gasteiger partial charge in [-0.15, -0.1) is 0 Å². The van der Waals surface area contributed by atoms with E-state index in [2.05, 4.69) is 10.4 Å². The summed E-state index contributed by atoms with van der Waals surface area (Å²) in [6.45, 7) is 1.80. The molecule has 8 nitrogen and oxygen atoms in total. The van der Waals surface area contributed by atoms with Gasteiger partial charge in [0.25, 0.3) is 0 Å². The number of carbonyl (C=O) groups is 1. The lowest BCUT2D eigenvalue weighted by Gasteiger charge is -2.23. The third kappa shape index (κ3) is 3.58. The topological polar surface area (TPSA) is 95.9 Å². The molecule has 23 heavy (non-hydrogen) atoms. The van der Waals surface area contributed by atoms with Gasteiger partial charge in [0, 0.05) is 25.8 Å². The summed E-state index contributed by atoms with van der Waals surface area (Å²) in [6, 6.07) is 8.34. The highest BCUT2D eigenvalue weighted by Gasteiger charge is 2.15. The first-order valence-electron chi connectivity index (χ1n) is 7.06. The summed E-state index contributed by atoms with van der Waals surface area (Å²) in [5, 5.41) is 15.4. The van der Waals surface area contributed by atoms with Crippen molar-refractivity contribution in [3.05, 3.63) is 41.1 Å². The Hall–Kier alpha value is -3.08. The molecule has 2 amide bonds. The zero-order valence-corrected chi connectivity index (χ0v) is 13.2. The molecule has 1 aromatic carbocycles. The van der Waals surface area contributed by atoms with E-state index in [0.717, 1.165) is 0 Å². The lowest BCUT2D eigenvalue weighted by atomic mass is 10.2. The maximum Gasteiger partial charge on any atom is 0.350 e. The maximum absolute atomic E-state index is 12.1. The second kappa shape index (κ2) is 6.79. The van der Waals surface area contributed by atoms with E-state index in [0.29, 0.717) is 11.4 Å². The third-order valence-electron chi connectivity index (χ3n) is 3.55. The molecule has 1 N–H and O–H groups in total. The summed E-state index contributed by atoms with van der Waals surface area (Å²) in [4.78, 5) is 25.4. The van der Waals surface area contributed by atoms with Crippen LogP contribution < -0.4 is 11.0 Å². The van der Waals surface area contributed by atoms with Gasteiger partial charge in [0.2, 0.25) is 0 Å². The Bertz CT molecular complexity index is 784. The smallest absolute Gasteiger partial charge is 0.324 e. The number of nitrogens with zero attached hydrogens (tertiary/aromatic N) is 5. The van der Waals surface area contributed by atoms with Gasteiger partial charge in [0.05, 0.1) is 18.2 Å². The number of carbonyl (C=O) groups excluding carboxylic acids is 1. The molecule has 1 aromatic heterocycles. The number of hydrogen-bond acceptors (Lipinski definition) is 4. The molecule has 8 heteroatoms. The molecule has 1 atom stereocenters. The molecule has 0 bridgehead atoms. The van der Waals surface area contributed by atoms with Crippen LogP contribution >= 0.6 is 0 Å². The van der Waals surface area contributed by atoms with Crippen LogP contribution in [-0.4, -0.2) is 38.4 Å². The van der Waals surface area contributed by atoms with E-state index < -0.39 is 0 Å². The van der Waals surface area contributed by atoms with E-state index in [-0.39, 0.29) is 24.2 Å². The number of aromatic nitrogens is 3. The Balaban J connectivity index is 2.09. The molecule has 0 saturated heterocycles. The van der Waals surface area contributed by atoms with Gasteiger partial charge >= 0.3 is 11.7 Å². The summed E-state index contributed by atoms with van der Waals surface area (Å²) >= 11 is 0.